The molecule has 0 aliphatic heterocycles. The quantitative estimate of drug-likeness (QED) is 0.743. The lowest BCUT2D eigenvalue weighted by atomic mass is 9.38. The number of nitrogens with one attached hydrogen (secondary N) is 1. The summed E-state index contributed by atoms with van der Waals surface area (Å²) in [6.45, 7) is 3.16. The highest BCUT2D eigenvalue weighted by Gasteiger charge is 2.65. The largest absolute Gasteiger partial charge is 0.353 e. The van der Waals surface area contributed by atoms with Gasteiger partial charge in [0.15, 0.2) is 0 Å². The molecule has 3 heteroatoms. The lowest BCUT2D eigenvalue weighted by molar-refractivity contribution is -0.164. The van der Waals surface area contributed by atoms with Gasteiger partial charge in [0.25, 0.3) is 0 Å². The number of carbonyl (C=O) groups excluding carboxylic acids is 1. The molecule has 5 fully saturated rings. The normalized spacial score (nSPS) is 43.3. The van der Waals surface area contributed by atoms with Crippen molar-refractivity contribution in [1.29, 1.82) is 0 Å². The predicted octanol–water partition coefficient (Wildman–Crippen LogP) is 4.94. The van der Waals surface area contributed by atoms with Crippen LogP contribution in [0.5, 0.6) is 0 Å². The molecule has 0 heterocycles. The molecule has 1 amide bonds. The van der Waals surface area contributed by atoms with Crippen LogP contribution < -0.4 is 11.1 Å². The van der Waals surface area contributed by atoms with Gasteiger partial charge in [0.2, 0.25) is 5.91 Å². The van der Waals surface area contributed by atoms with Crippen molar-refractivity contribution in [2.75, 3.05) is 6.54 Å². The molecule has 5 saturated carbocycles. The van der Waals surface area contributed by atoms with E-state index in [-0.39, 0.29) is 10.8 Å². The summed E-state index contributed by atoms with van der Waals surface area (Å²) in [5.74, 6) is 1.76. The van der Waals surface area contributed by atoms with Crippen LogP contribution in [0.25, 0.3) is 0 Å². The van der Waals surface area contributed by atoms with E-state index in [1.165, 1.54) is 44.1 Å². The van der Waals surface area contributed by atoms with Gasteiger partial charge in [-0.25, -0.2) is 0 Å². The van der Waals surface area contributed by atoms with Crippen LogP contribution in [-0.2, 0) is 10.2 Å². The third-order valence-corrected chi connectivity index (χ3v) is 9.32. The number of amides is 1. The number of nitrogens with two attached hydrogens (primary N) is 1. The monoisotopic (exact) mass is 394 g/mol. The van der Waals surface area contributed by atoms with Gasteiger partial charge in [-0.05, 0) is 99.0 Å². The first-order valence-corrected chi connectivity index (χ1v) is 12.1. The summed E-state index contributed by atoms with van der Waals surface area (Å²) in [6.07, 6.45) is 13.0. The number of hydrogen-bond donors (Lipinski definition) is 2. The third kappa shape index (κ3) is 3.24. The maximum absolute atomic E-state index is 13.8. The molecule has 3 nitrogen and oxygen atoms in total. The van der Waals surface area contributed by atoms with E-state index in [9.17, 15) is 4.79 Å². The second-order valence-corrected chi connectivity index (χ2v) is 11.2. The molecule has 1 aromatic rings. The predicted molar refractivity (Wildman–Crippen MR) is 117 cm³/mol. The van der Waals surface area contributed by atoms with E-state index in [4.69, 9.17) is 5.73 Å². The SMILES string of the molecule is CCC12CC3CC(C(=O)NC4CCC(CN)CC4)(C1)C[C@@](c1ccccc1)(C3)C2. The van der Waals surface area contributed by atoms with Gasteiger partial charge in [0, 0.05) is 6.04 Å². The van der Waals surface area contributed by atoms with E-state index in [1.807, 2.05) is 0 Å². The van der Waals surface area contributed by atoms with Gasteiger partial charge in [0.1, 0.15) is 0 Å². The summed E-state index contributed by atoms with van der Waals surface area (Å²) in [6, 6.07) is 11.5. The van der Waals surface area contributed by atoms with Crippen molar-refractivity contribution in [3.8, 4) is 0 Å². The van der Waals surface area contributed by atoms with Crippen molar-refractivity contribution in [1.82, 2.24) is 5.32 Å². The molecular formula is C26H38N2O. The highest BCUT2D eigenvalue weighted by molar-refractivity contribution is 5.84. The Kier molecular flexibility index (Phi) is 4.81. The minimum atomic E-state index is -0.143. The van der Waals surface area contributed by atoms with E-state index in [1.54, 1.807) is 0 Å². The Hall–Kier alpha value is -1.35. The van der Waals surface area contributed by atoms with Crippen LogP contribution >= 0.6 is 0 Å². The van der Waals surface area contributed by atoms with Gasteiger partial charge in [0.05, 0.1) is 5.41 Å². The van der Waals surface area contributed by atoms with Gasteiger partial charge < -0.3 is 11.1 Å². The molecule has 29 heavy (non-hydrogen) atoms. The zero-order valence-electron chi connectivity index (χ0n) is 18.1. The first-order chi connectivity index (χ1) is 14.0. The second-order valence-electron chi connectivity index (χ2n) is 11.2. The summed E-state index contributed by atoms with van der Waals surface area (Å²) in [5.41, 5.74) is 7.79. The molecule has 4 bridgehead atoms. The maximum atomic E-state index is 13.8. The number of rotatable bonds is 5. The summed E-state index contributed by atoms with van der Waals surface area (Å²) >= 11 is 0. The summed E-state index contributed by atoms with van der Waals surface area (Å²) in [7, 11) is 0. The van der Waals surface area contributed by atoms with Gasteiger partial charge in [-0.15, -0.1) is 0 Å². The summed E-state index contributed by atoms with van der Waals surface area (Å²) in [5, 5.41) is 3.55. The first-order valence-electron chi connectivity index (χ1n) is 12.1. The van der Waals surface area contributed by atoms with Crippen LogP contribution in [0.1, 0.15) is 83.1 Å². The number of hydrogen-bond acceptors (Lipinski definition) is 2. The molecular weight excluding hydrogens is 356 g/mol. The molecule has 3 N–H and O–H groups in total. The van der Waals surface area contributed by atoms with Crippen LogP contribution in [0.4, 0.5) is 0 Å². The van der Waals surface area contributed by atoms with Gasteiger partial charge in [-0.2, -0.15) is 0 Å². The molecule has 0 radical (unpaired) electrons. The number of carbonyl (C=O) groups is 1. The Morgan fingerprint density at radius 2 is 1.79 bits per heavy atom. The molecule has 0 spiro atoms. The van der Waals surface area contributed by atoms with Crippen LogP contribution in [0.2, 0.25) is 0 Å². The Labute approximate surface area is 176 Å². The van der Waals surface area contributed by atoms with E-state index in [0.717, 1.165) is 38.6 Å². The average molecular weight is 395 g/mol. The maximum Gasteiger partial charge on any atom is 0.226 e. The molecule has 0 saturated heterocycles. The van der Waals surface area contributed by atoms with Crippen molar-refractivity contribution >= 4 is 5.91 Å². The zero-order valence-corrected chi connectivity index (χ0v) is 18.1. The molecule has 5 aliphatic rings. The Morgan fingerprint density at radius 3 is 2.48 bits per heavy atom. The van der Waals surface area contributed by atoms with E-state index in [0.29, 0.717) is 29.2 Å². The van der Waals surface area contributed by atoms with Crippen molar-refractivity contribution in [2.24, 2.45) is 28.4 Å². The first kappa shape index (κ1) is 19.6. The highest BCUT2D eigenvalue weighted by atomic mass is 16.2. The van der Waals surface area contributed by atoms with E-state index < -0.39 is 0 Å². The highest BCUT2D eigenvalue weighted by Crippen LogP contribution is 2.71. The van der Waals surface area contributed by atoms with Gasteiger partial charge >= 0.3 is 0 Å². The molecule has 158 valence electrons. The van der Waals surface area contributed by atoms with Crippen molar-refractivity contribution in [3.05, 3.63) is 35.9 Å². The van der Waals surface area contributed by atoms with Crippen LogP contribution in [0, 0.1) is 22.7 Å². The molecule has 3 unspecified atom stereocenters. The topological polar surface area (TPSA) is 55.1 Å². The van der Waals surface area contributed by atoms with Crippen LogP contribution in [0.15, 0.2) is 30.3 Å². The van der Waals surface area contributed by atoms with E-state index in [2.05, 4.69) is 42.6 Å². The molecule has 5 aliphatic carbocycles. The lowest BCUT2D eigenvalue weighted by Crippen LogP contribution is -2.63. The minimum absolute atomic E-state index is 0.143. The fourth-order valence-corrected chi connectivity index (χ4v) is 8.28. The molecule has 6 rings (SSSR count). The molecule has 4 atom stereocenters. The Balaban J connectivity index is 1.41. The van der Waals surface area contributed by atoms with Gasteiger partial charge in [-0.1, -0.05) is 43.7 Å². The van der Waals surface area contributed by atoms with Crippen molar-refractivity contribution in [2.45, 2.75) is 89.0 Å². The lowest BCUT2D eigenvalue weighted by Gasteiger charge is -2.66. The molecule has 1 aromatic carbocycles. The second kappa shape index (κ2) is 7.11. The number of benzene rings is 1. The van der Waals surface area contributed by atoms with Crippen LogP contribution in [-0.4, -0.2) is 18.5 Å². The van der Waals surface area contributed by atoms with E-state index >= 15 is 0 Å². The van der Waals surface area contributed by atoms with Gasteiger partial charge in [-0.3, -0.25) is 4.79 Å². The minimum Gasteiger partial charge on any atom is -0.353 e. The Morgan fingerprint density at radius 1 is 1.03 bits per heavy atom. The smallest absolute Gasteiger partial charge is 0.226 e. The zero-order chi connectivity index (χ0) is 20.1. The Bertz CT molecular complexity index is 755. The molecule has 0 aromatic heterocycles. The van der Waals surface area contributed by atoms with Crippen molar-refractivity contribution < 1.29 is 4.79 Å². The average Bonchev–Trinajstić information content (AvgIpc) is 2.74. The van der Waals surface area contributed by atoms with Crippen molar-refractivity contribution in [3.63, 3.8) is 0 Å². The summed E-state index contributed by atoms with van der Waals surface area (Å²) in [4.78, 5) is 13.8. The third-order valence-electron chi connectivity index (χ3n) is 9.32. The summed E-state index contributed by atoms with van der Waals surface area (Å²) < 4.78 is 0. The fourth-order valence-electron chi connectivity index (χ4n) is 8.28. The fraction of sp³-hybridized carbons (Fsp3) is 0.731. The van der Waals surface area contributed by atoms with Crippen LogP contribution in [0.3, 0.4) is 0 Å². The standard InChI is InChI=1S/C26H38N2O/c1-2-24-12-20-13-25(16-24,21-6-4-3-5-7-21)18-26(14-20,17-24)23(29)28-22-10-8-19(15-27)9-11-22/h3-7,19-20,22H,2,8-18,27H2,1H3,(H,28,29)/t19?,20?,22?,24?,25-,26?/m1/s1.